The van der Waals surface area contributed by atoms with Crippen LogP contribution in [-0.2, 0) is 4.74 Å². The number of hydrogen-bond acceptors (Lipinski definition) is 3. The van der Waals surface area contributed by atoms with E-state index < -0.39 is 0 Å². The van der Waals surface area contributed by atoms with Crippen LogP contribution in [0.15, 0.2) is 35.3 Å². The maximum atomic E-state index is 5.98. The molecule has 2 heterocycles. The third-order valence-electron chi connectivity index (χ3n) is 5.63. The molecule has 0 aliphatic carbocycles. The van der Waals surface area contributed by atoms with E-state index in [4.69, 9.17) is 9.73 Å². The largest absolute Gasteiger partial charge is 0.373 e. The molecule has 144 valence electrons. The van der Waals surface area contributed by atoms with Crippen LogP contribution in [-0.4, -0.2) is 55.3 Å². The van der Waals surface area contributed by atoms with Gasteiger partial charge in [-0.3, -0.25) is 9.89 Å². The van der Waals surface area contributed by atoms with Crippen molar-refractivity contribution in [3.63, 3.8) is 0 Å². The molecule has 4 atom stereocenters. The van der Waals surface area contributed by atoms with Gasteiger partial charge >= 0.3 is 0 Å². The Morgan fingerprint density at radius 3 is 2.54 bits per heavy atom. The summed E-state index contributed by atoms with van der Waals surface area (Å²) in [6.07, 6.45) is 4.31. The van der Waals surface area contributed by atoms with E-state index in [-0.39, 0.29) is 0 Å². The molecule has 5 heteroatoms. The van der Waals surface area contributed by atoms with Crippen molar-refractivity contribution in [2.45, 2.75) is 64.3 Å². The minimum Gasteiger partial charge on any atom is -0.373 e. The van der Waals surface area contributed by atoms with Gasteiger partial charge in [-0.25, -0.2) is 0 Å². The van der Waals surface area contributed by atoms with Crippen LogP contribution in [0.4, 0.5) is 0 Å². The van der Waals surface area contributed by atoms with Crippen LogP contribution in [0.5, 0.6) is 0 Å². The van der Waals surface area contributed by atoms with Gasteiger partial charge in [-0.2, -0.15) is 0 Å². The third-order valence-corrected chi connectivity index (χ3v) is 5.63. The fourth-order valence-corrected chi connectivity index (χ4v) is 4.23. The molecule has 1 aromatic carbocycles. The lowest BCUT2D eigenvalue weighted by atomic mass is 9.96. The Bertz CT molecular complexity index is 573. The number of likely N-dealkylation sites (N-methyl/N-ethyl adjacent to an activating group) is 1. The smallest absolute Gasteiger partial charge is 0.191 e. The summed E-state index contributed by atoms with van der Waals surface area (Å²) in [4.78, 5) is 7.43. The van der Waals surface area contributed by atoms with E-state index in [1.54, 1.807) is 0 Å². The van der Waals surface area contributed by atoms with Crippen molar-refractivity contribution in [3.8, 4) is 0 Å². The minimum atomic E-state index is 0.304. The normalized spacial score (nSPS) is 26.3. The van der Waals surface area contributed by atoms with E-state index in [0.717, 1.165) is 38.6 Å². The van der Waals surface area contributed by atoms with Crippen LogP contribution in [0.25, 0.3) is 0 Å². The van der Waals surface area contributed by atoms with Crippen LogP contribution >= 0.6 is 0 Å². The molecule has 0 saturated carbocycles. The van der Waals surface area contributed by atoms with Crippen molar-refractivity contribution in [2.75, 3.05) is 26.2 Å². The lowest BCUT2D eigenvalue weighted by Crippen LogP contribution is -2.47. The summed E-state index contributed by atoms with van der Waals surface area (Å²) < 4.78 is 5.98. The Hall–Kier alpha value is -1.59. The monoisotopic (exact) mass is 358 g/mol. The zero-order chi connectivity index (χ0) is 18.4. The second kappa shape index (κ2) is 9.38. The van der Waals surface area contributed by atoms with Gasteiger partial charge in [-0.1, -0.05) is 44.2 Å². The molecule has 4 unspecified atom stereocenters. The Morgan fingerprint density at radius 1 is 1.19 bits per heavy atom. The first kappa shape index (κ1) is 19.2. The number of aliphatic imine (C=N–C) groups is 1. The van der Waals surface area contributed by atoms with E-state index in [2.05, 4.69) is 66.6 Å². The number of hydrogen-bond donors (Lipinski definition) is 2. The van der Waals surface area contributed by atoms with Crippen LogP contribution in [0, 0.1) is 0 Å². The maximum absolute atomic E-state index is 5.98. The van der Waals surface area contributed by atoms with Crippen LogP contribution in [0.1, 0.15) is 51.6 Å². The topological polar surface area (TPSA) is 48.9 Å². The molecule has 0 radical (unpaired) electrons. The predicted octanol–water partition coefficient (Wildman–Crippen LogP) is 2.94. The van der Waals surface area contributed by atoms with E-state index in [0.29, 0.717) is 24.3 Å². The number of rotatable bonds is 8. The number of benzene rings is 1. The summed E-state index contributed by atoms with van der Waals surface area (Å²) in [5, 5.41) is 7.04. The van der Waals surface area contributed by atoms with Crippen molar-refractivity contribution >= 4 is 5.96 Å². The van der Waals surface area contributed by atoms with Gasteiger partial charge in [0.1, 0.15) is 0 Å². The molecular weight excluding hydrogens is 324 g/mol. The molecule has 2 bridgehead atoms. The van der Waals surface area contributed by atoms with E-state index in [9.17, 15) is 0 Å². The first-order valence-electron chi connectivity index (χ1n) is 10.2. The Labute approximate surface area is 158 Å². The average molecular weight is 359 g/mol. The second-order valence-electron chi connectivity index (χ2n) is 7.23. The zero-order valence-electron chi connectivity index (χ0n) is 16.4. The second-order valence-corrected chi connectivity index (χ2v) is 7.23. The lowest BCUT2D eigenvalue weighted by Gasteiger charge is -2.29. The Balaban J connectivity index is 1.70. The molecule has 1 aromatic rings. The minimum absolute atomic E-state index is 0.304. The van der Waals surface area contributed by atoms with Gasteiger partial charge in [0.05, 0.1) is 30.8 Å². The molecule has 3 rings (SSSR count). The SMILES string of the molecule is CCNC(=NCC(c1ccccc1)N(CC)CC)NC1CC2CCC1O2. The molecule has 5 nitrogen and oxygen atoms in total. The highest BCUT2D eigenvalue weighted by Gasteiger charge is 2.41. The quantitative estimate of drug-likeness (QED) is 0.554. The molecular formula is C21H34N4O. The van der Waals surface area contributed by atoms with Gasteiger partial charge in [0.15, 0.2) is 5.96 Å². The van der Waals surface area contributed by atoms with E-state index >= 15 is 0 Å². The summed E-state index contributed by atoms with van der Waals surface area (Å²) in [6, 6.07) is 11.4. The standard InChI is InChI=1S/C21H34N4O/c1-4-22-21(24-18-14-17-12-13-20(18)26-17)23-15-19(25(5-2)6-3)16-10-8-7-9-11-16/h7-11,17-20H,4-6,12-15H2,1-3H3,(H2,22,23,24). The first-order chi connectivity index (χ1) is 12.7. The van der Waals surface area contributed by atoms with Crippen molar-refractivity contribution in [3.05, 3.63) is 35.9 Å². The Morgan fingerprint density at radius 2 is 1.96 bits per heavy atom. The lowest BCUT2D eigenvalue weighted by molar-refractivity contribution is 0.0992. The maximum Gasteiger partial charge on any atom is 0.191 e. The summed E-state index contributed by atoms with van der Waals surface area (Å²) in [5.41, 5.74) is 1.33. The summed E-state index contributed by atoms with van der Waals surface area (Å²) in [5.74, 6) is 0.918. The average Bonchev–Trinajstić information content (AvgIpc) is 3.29. The van der Waals surface area contributed by atoms with Gasteiger partial charge in [-0.05, 0) is 44.8 Å². The van der Waals surface area contributed by atoms with Crippen molar-refractivity contribution in [2.24, 2.45) is 4.99 Å². The highest BCUT2D eigenvalue weighted by Crippen LogP contribution is 2.34. The molecule has 2 saturated heterocycles. The summed E-state index contributed by atoms with van der Waals surface area (Å²) in [7, 11) is 0. The van der Waals surface area contributed by atoms with Crippen LogP contribution in [0.3, 0.4) is 0 Å². The fraction of sp³-hybridized carbons (Fsp3) is 0.667. The Kier molecular flexibility index (Phi) is 6.92. The molecule has 26 heavy (non-hydrogen) atoms. The number of guanidine groups is 1. The highest BCUT2D eigenvalue weighted by molar-refractivity contribution is 5.80. The molecule has 2 aliphatic rings. The van der Waals surface area contributed by atoms with Gasteiger partial charge in [0.2, 0.25) is 0 Å². The molecule has 0 amide bonds. The van der Waals surface area contributed by atoms with E-state index in [1.165, 1.54) is 18.4 Å². The number of nitrogens with zero attached hydrogens (tertiary/aromatic N) is 2. The summed E-state index contributed by atoms with van der Waals surface area (Å²) >= 11 is 0. The molecule has 0 aromatic heterocycles. The van der Waals surface area contributed by atoms with Gasteiger partial charge in [0.25, 0.3) is 0 Å². The molecule has 0 spiro atoms. The van der Waals surface area contributed by atoms with Gasteiger partial charge in [-0.15, -0.1) is 0 Å². The number of ether oxygens (including phenoxy) is 1. The molecule has 2 aliphatic heterocycles. The van der Waals surface area contributed by atoms with Gasteiger partial charge in [0, 0.05) is 6.54 Å². The highest BCUT2D eigenvalue weighted by atomic mass is 16.5. The van der Waals surface area contributed by atoms with E-state index in [1.807, 2.05) is 0 Å². The number of nitrogens with one attached hydrogen (secondary N) is 2. The predicted molar refractivity (Wildman–Crippen MR) is 108 cm³/mol. The van der Waals surface area contributed by atoms with Crippen molar-refractivity contribution in [1.29, 1.82) is 0 Å². The number of fused-ring (bicyclic) bond motifs is 2. The van der Waals surface area contributed by atoms with Gasteiger partial charge < -0.3 is 15.4 Å². The fourth-order valence-electron chi connectivity index (χ4n) is 4.23. The molecule has 2 N–H and O–H groups in total. The van der Waals surface area contributed by atoms with Crippen LogP contribution in [0.2, 0.25) is 0 Å². The third kappa shape index (κ3) is 4.57. The van der Waals surface area contributed by atoms with Crippen LogP contribution < -0.4 is 10.6 Å². The van der Waals surface area contributed by atoms with Crippen molar-refractivity contribution < 1.29 is 4.74 Å². The van der Waals surface area contributed by atoms with Crippen molar-refractivity contribution in [1.82, 2.24) is 15.5 Å². The molecule has 2 fully saturated rings. The summed E-state index contributed by atoms with van der Waals surface area (Å²) in [6.45, 7) is 10.2. The first-order valence-corrected chi connectivity index (χ1v) is 10.2. The zero-order valence-corrected chi connectivity index (χ0v) is 16.4.